The minimum Gasteiger partial charge on any atom is -0.493 e. The number of amides is 1. The summed E-state index contributed by atoms with van der Waals surface area (Å²) >= 11 is 6.72. The predicted molar refractivity (Wildman–Crippen MR) is 152 cm³/mol. The van der Waals surface area contributed by atoms with Crippen molar-refractivity contribution in [3.63, 3.8) is 0 Å². The molecule has 1 heterocycles. The summed E-state index contributed by atoms with van der Waals surface area (Å²) in [5, 5.41) is 2.98. The molecule has 0 radical (unpaired) electrons. The Labute approximate surface area is 239 Å². The lowest BCUT2D eigenvalue weighted by molar-refractivity contribution is -0.120. The summed E-state index contributed by atoms with van der Waals surface area (Å²) in [6.45, 7) is 7.91. The number of rotatable bonds is 6. The molecule has 0 atom stereocenters. The number of hydrogen-bond acceptors (Lipinski definition) is 6. The molecule has 0 unspecified atom stereocenters. The van der Waals surface area contributed by atoms with Crippen LogP contribution in [0.15, 0.2) is 65.1 Å². The molecule has 210 valence electrons. The molecule has 2 aliphatic carbocycles. The number of benzene rings is 2. The number of allylic oxidation sites excluding steroid dienone is 4. The molecule has 5 rings (SSSR count). The summed E-state index contributed by atoms with van der Waals surface area (Å²) in [4.78, 5) is 39.6. The summed E-state index contributed by atoms with van der Waals surface area (Å²) < 4.78 is 17.8. The van der Waals surface area contributed by atoms with Crippen molar-refractivity contribution in [2.24, 2.45) is 10.8 Å². The number of ether oxygens (including phenoxy) is 3. The predicted octanol–water partition coefficient (Wildman–Crippen LogP) is 6.77. The summed E-state index contributed by atoms with van der Waals surface area (Å²) in [7, 11) is 1.48. The van der Waals surface area contributed by atoms with E-state index < -0.39 is 5.92 Å². The monoisotopic (exact) mass is 563 g/mol. The van der Waals surface area contributed by atoms with Crippen LogP contribution in [-0.4, -0.2) is 31.2 Å². The average molecular weight is 564 g/mol. The van der Waals surface area contributed by atoms with Crippen LogP contribution < -0.4 is 14.8 Å². The van der Waals surface area contributed by atoms with Gasteiger partial charge in [-0.05, 0) is 40.7 Å². The topological polar surface area (TPSA) is 90.9 Å². The van der Waals surface area contributed by atoms with Gasteiger partial charge in [-0.2, -0.15) is 0 Å². The van der Waals surface area contributed by atoms with Gasteiger partial charge in [0.25, 0.3) is 5.91 Å². The second-order valence-electron chi connectivity index (χ2n) is 12.3. The zero-order valence-electron chi connectivity index (χ0n) is 23.5. The third kappa shape index (κ3) is 5.52. The van der Waals surface area contributed by atoms with Crippen LogP contribution in [0.1, 0.15) is 64.9 Å². The maximum absolute atomic E-state index is 13.6. The van der Waals surface area contributed by atoms with Crippen molar-refractivity contribution < 1.29 is 28.6 Å². The average Bonchev–Trinajstić information content (AvgIpc) is 2.85. The lowest BCUT2D eigenvalue weighted by Crippen LogP contribution is -2.37. The molecule has 2 aromatic carbocycles. The highest BCUT2D eigenvalue weighted by Crippen LogP contribution is 2.54. The molecule has 2 aromatic rings. The Morgan fingerprint density at radius 2 is 1.52 bits per heavy atom. The number of ketones is 2. The first-order valence-corrected chi connectivity index (χ1v) is 13.8. The van der Waals surface area contributed by atoms with Gasteiger partial charge in [-0.1, -0.05) is 57.5 Å². The number of hydrogen-bond donors (Lipinski definition) is 1. The fourth-order valence-electron chi connectivity index (χ4n) is 5.91. The molecule has 0 fully saturated rings. The first-order chi connectivity index (χ1) is 18.9. The van der Waals surface area contributed by atoms with Crippen LogP contribution in [0.3, 0.4) is 0 Å². The van der Waals surface area contributed by atoms with Crippen molar-refractivity contribution >= 4 is 34.8 Å². The molecule has 1 aliphatic heterocycles. The summed E-state index contributed by atoms with van der Waals surface area (Å²) in [6, 6.07) is 12.5. The van der Waals surface area contributed by atoms with Crippen molar-refractivity contribution in [3.8, 4) is 11.5 Å². The van der Waals surface area contributed by atoms with Gasteiger partial charge in [-0.15, -0.1) is 0 Å². The second-order valence-corrected chi connectivity index (χ2v) is 12.7. The number of carbonyl (C=O) groups is 3. The van der Waals surface area contributed by atoms with Crippen molar-refractivity contribution in [2.75, 3.05) is 19.0 Å². The van der Waals surface area contributed by atoms with E-state index in [9.17, 15) is 14.4 Å². The van der Waals surface area contributed by atoms with E-state index in [1.807, 2.05) is 45.9 Å². The molecular formula is C32H34ClNO6. The minimum absolute atomic E-state index is 0.0339. The van der Waals surface area contributed by atoms with Crippen LogP contribution in [0.25, 0.3) is 0 Å². The van der Waals surface area contributed by atoms with Crippen LogP contribution in [0.5, 0.6) is 11.5 Å². The second kappa shape index (κ2) is 10.4. The number of para-hydroxylation sites is 1. The van der Waals surface area contributed by atoms with E-state index in [0.29, 0.717) is 65.3 Å². The lowest BCUT2D eigenvalue weighted by Gasteiger charge is -2.42. The molecule has 0 bridgehead atoms. The van der Waals surface area contributed by atoms with Crippen LogP contribution in [-0.2, 0) is 19.1 Å². The fraction of sp³-hybridized carbons (Fsp3) is 0.406. The van der Waals surface area contributed by atoms with Gasteiger partial charge in [0.2, 0.25) is 0 Å². The maximum atomic E-state index is 13.6. The summed E-state index contributed by atoms with van der Waals surface area (Å²) in [6.07, 6.45) is 1.91. The highest BCUT2D eigenvalue weighted by Gasteiger charge is 2.48. The van der Waals surface area contributed by atoms with E-state index >= 15 is 0 Å². The van der Waals surface area contributed by atoms with Gasteiger partial charge in [0, 0.05) is 48.4 Å². The van der Waals surface area contributed by atoms with E-state index in [2.05, 4.69) is 5.32 Å². The van der Waals surface area contributed by atoms with E-state index in [1.165, 1.54) is 7.11 Å². The van der Waals surface area contributed by atoms with E-state index in [1.54, 1.807) is 24.3 Å². The van der Waals surface area contributed by atoms with E-state index in [-0.39, 0.29) is 45.7 Å². The van der Waals surface area contributed by atoms with Gasteiger partial charge in [-0.25, -0.2) is 0 Å². The van der Waals surface area contributed by atoms with Gasteiger partial charge < -0.3 is 19.5 Å². The number of nitrogens with one attached hydrogen (secondary N) is 1. The van der Waals surface area contributed by atoms with Gasteiger partial charge in [0.1, 0.15) is 11.5 Å². The number of Topliss-reactive ketones (excluding diaryl/α,β-unsaturated/α-hetero) is 2. The standard InChI is InChI=1S/C32H34ClNO6/c1-31(2)13-21(35)28-24(15-31)40-25-16-32(3,4)14-22(36)29(25)27(28)18-11-20(33)30(23(12-18)38-5)39-17-26(37)34-19-9-7-6-8-10-19/h6-12,27H,13-17H2,1-5H3,(H,34,37). The minimum atomic E-state index is -0.618. The number of methoxy groups -OCH3 is 1. The van der Waals surface area contributed by atoms with Crippen molar-refractivity contribution in [1.29, 1.82) is 0 Å². The largest absolute Gasteiger partial charge is 0.493 e. The molecule has 8 heteroatoms. The lowest BCUT2D eigenvalue weighted by atomic mass is 9.65. The maximum Gasteiger partial charge on any atom is 0.262 e. The zero-order valence-corrected chi connectivity index (χ0v) is 24.2. The van der Waals surface area contributed by atoms with Crippen molar-refractivity contribution in [2.45, 2.75) is 59.3 Å². The molecule has 0 spiro atoms. The van der Waals surface area contributed by atoms with Crippen molar-refractivity contribution in [1.82, 2.24) is 0 Å². The van der Waals surface area contributed by atoms with E-state index in [0.717, 1.165) is 0 Å². The molecule has 0 saturated heterocycles. The fourth-order valence-corrected chi connectivity index (χ4v) is 6.18. The van der Waals surface area contributed by atoms with Crippen LogP contribution in [0.4, 0.5) is 5.69 Å². The molecule has 1 amide bonds. The quantitative estimate of drug-likeness (QED) is 0.417. The molecule has 0 saturated carbocycles. The normalized spacial score (nSPS) is 19.9. The molecule has 1 N–H and O–H groups in total. The van der Waals surface area contributed by atoms with Gasteiger partial charge in [-0.3, -0.25) is 14.4 Å². The molecule has 40 heavy (non-hydrogen) atoms. The summed E-state index contributed by atoms with van der Waals surface area (Å²) in [5.41, 5.74) is 1.82. The Bertz CT molecular complexity index is 1400. The third-order valence-corrected chi connectivity index (χ3v) is 7.85. The highest BCUT2D eigenvalue weighted by molar-refractivity contribution is 6.32. The third-order valence-electron chi connectivity index (χ3n) is 7.57. The highest BCUT2D eigenvalue weighted by atomic mass is 35.5. The first kappa shape index (κ1) is 28.0. The number of halogens is 1. The van der Waals surface area contributed by atoms with Gasteiger partial charge in [0.05, 0.1) is 12.1 Å². The molecule has 0 aromatic heterocycles. The Morgan fingerprint density at radius 1 is 0.950 bits per heavy atom. The van der Waals surface area contributed by atoms with E-state index in [4.69, 9.17) is 25.8 Å². The SMILES string of the molecule is COc1cc(C2C3=C(CC(C)(C)CC3=O)OC3=C2C(=O)CC(C)(C)C3)cc(Cl)c1OCC(=O)Nc1ccccc1. The molecule has 3 aliphatic rings. The van der Waals surface area contributed by atoms with Gasteiger partial charge in [0.15, 0.2) is 29.7 Å². The van der Waals surface area contributed by atoms with Crippen LogP contribution in [0.2, 0.25) is 5.02 Å². The Balaban J connectivity index is 1.52. The van der Waals surface area contributed by atoms with Crippen LogP contribution >= 0.6 is 11.6 Å². The molecular weight excluding hydrogens is 530 g/mol. The van der Waals surface area contributed by atoms with Crippen LogP contribution in [0, 0.1) is 10.8 Å². The molecule has 7 nitrogen and oxygen atoms in total. The smallest absolute Gasteiger partial charge is 0.262 e. The number of anilines is 1. The first-order valence-electron chi connectivity index (χ1n) is 13.4. The summed E-state index contributed by atoms with van der Waals surface area (Å²) in [5.74, 6) is 0.728. The zero-order chi connectivity index (χ0) is 28.8. The van der Waals surface area contributed by atoms with Gasteiger partial charge >= 0.3 is 0 Å². The Kier molecular flexibility index (Phi) is 7.29. The Hall–Kier alpha value is -3.58. The Morgan fingerprint density at radius 3 is 2.08 bits per heavy atom. The number of carbonyl (C=O) groups excluding carboxylic acids is 3. The van der Waals surface area contributed by atoms with Crippen molar-refractivity contribution in [3.05, 3.63) is 75.7 Å².